The van der Waals surface area contributed by atoms with Crippen molar-refractivity contribution < 1.29 is 0 Å². The molecule has 0 spiro atoms. The van der Waals surface area contributed by atoms with Crippen LogP contribution in [-0.4, -0.2) is 6.26 Å². The Morgan fingerprint density at radius 3 is 2.50 bits per heavy atom. The van der Waals surface area contributed by atoms with Gasteiger partial charge < -0.3 is 5.73 Å². The van der Waals surface area contributed by atoms with E-state index in [0.29, 0.717) is 0 Å². The highest BCUT2D eigenvalue weighted by Crippen LogP contribution is 2.36. The van der Waals surface area contributed by atoms with Crippen molar-refractivity contribution in [3.63, 3.8) is 0 Å². The molecule has 0 saturated heterocycles. The Kier molecular flexibility index (Phi) is 3.36. The molecule has 0 saturated carbocycles. The van der Waals surface area contributed by atoms with Crippen LogP contribution in [0.3, 0.4) is 0 Å². The fraction of sp³-hybridized carbons (Fsp3) is 0.0769. The van der Waals surface area contributed by atoms with Crippen molar-refractivity contribution in [1.29, 1.82) is 0 Å². The van der Waals surface area contributed by atoms with E-state index in [9.17, 15) is 0 Å². The lowest BCUT2D eigenvalue weighted by molar-refractivity contribution is 1.55. The third-order valence-corrected chi connectivity index (χ3v) is 4.41. The van der Waals surface area contributed by atoms with Crippen LogP contribution in [0.2, 0.25) is 0 Å². The minimum Gasteiger partial charge on any atom is -0.399 e. The SMILES string of the molecule is C=Cc1sc(-c2ccc(N)cc2)cc1SC. The Morgan fingerprint density at radius 2 is 2.00 bits per heavy atom. The highest BCUT2D eigenvalue weighted by atomic mass is 32.2. The van der Waals surface area contributed by atoms with Gasteiger partial charge in [0.15, 0.2) is 0 Å². The van der Waals surface area contributed by atoms with Crippen LogP contribution in [0.25, 0.3) is 16.5 Å². The molecule has 0 bridgehead atoms. The second-order valence-electron chi connectivity index (χ2n) is 3.37. The number of nitrogen functional groups attached to an aromatic ring is 1. The molecule has 0 aliphatic heterocycles. The van der Waals surface area contributed by atoms with Crippen LogP contribution in [0.15, 0.2) is 41.8 Å². The predicted octanol–water partition coefficient (Wildman–Crippen LogP) is 4.36. The summed E-state index contributed by atoms with van der Waals surface area (Å²) < 4.78 is 0. The lowest BCUT2D eigenvalue weighted by Crippen LogP contribution is -1.82. The molecule has 1 heterocycles. The highest BCUT2D eigenvalue weighted by molar-refractivity contribution is 7.98. The lowest BCUT2D eigenvalue weighted by Gasteiger charge is -1.97. The van der Waals surface area contributed by atoms with Gasteiger partial charge in [0.05, 0.1) is 0 Å². The van der Waals surface area contributed by atoms with E-state index in [0.717, 1.165) is 5.69 Å². The number of hydrogen-bond acceptors (Lipinski definition) is 3. The van der Waals surface area contributed by atoms with Gasteiger partial charge in [-0.3, -0.25) is 0 Å². The first kappa shape index (κ1) is 11.3. The van der Waals surface area contributed by atoms with Crippen LogP contribution in [0.4, 0.5) is 5.69 Å². The number of rotatable bonds is 3. The molecule has 2 rings (SSSR count). The molecule has 16 heavy (non-hydrogen) atoms. The molecule has 1 nitrogen and oxygen atoms in total. The second kappa shape index (κ2) is 4.76. The Hall–Kier alpha value is -1.19. The summed E-state index contributed by atoms with van der Waals surface area (Å²) in [5.41, 5.74) is 7.69. The van der Waals surface area contributed by atoms with E-state index < -0.39 is 0 Å². The van der Waals surface area contributed by atoms with E-state index in [4.69, 9.17) is 5.73 Å². The van der Waals surface area contributed by atoms with Crippen molar-refractivity contribution in [2.24, 2.45) is 0 Å². The topological polar surface area (TPSA) is 26.0 Å². The van der Waals surface area contributed by atoms with E-state index in [-0.39, 0.29) is 0 Å². The molecule has 0 amide bonds. The minimum absolute atomic E-state index is 0.800. The zero-order valence-corrected chi connectivity index (χ0v) is 10.7. The lowest BCUT2D eigenvalue weighted by atomic mass is 10.2. The van der Waals surface area contributed by atoms with Crippen molar-refractivity contribution in [2.45, 2.75) is 4.90 Å². The summed E-state index contributed by atoms with van der Waals surface area (Å²) in [5, 5.41) is 0. The van der Waals surface area contributed by atoms with Crippen molar-refractivity contribution in [2.75, 3.05) is 12.0 Å². The average molecular weight is 247 g/mol. The monoisotopic (exact) mass is 247 g/mol. The van der Waals surface area contributed by atoms with Crippen molar-refractivity contribution in [3.05, 3.63) is 41.8 Å². The van der Waals surface area contributed by atoms with Crippen LogP contribution >= 0.6 is 23.1 Å². The van der Waals surface area contributed by atoms with Crippen LogP contribution in [0.1, 0.15) is 4.88 Å². The van der Waals surface area contributed by atoms with Crippen molar-refractivity contribution in [3.8, 4) is 10.4 Å². The van der Waals surface area contributed by atoms with Gasteiger partial charge in [-0.1, -0.05) is 24.8 Å². The summed E-state index contributed by atoms with van der Waals surface area (Å²) in [5.74, 6) is 0. The van der Waals surface area contributed by atoms with Gasteiger partial charge in [0.1, 0.15) is 0 Å². The molecule has 3 heteroatoms. The molecule has 1 aromatic carbocycles. The van der Waals surface area contributed by atoms with Gasteiger partial charge in [-0.2, -0.15) is 0 Å². The molecule has 2 aromatic rings. The Morgan fingerprint density at radius 1 is 1.31 bits per heavy atom. The molecule has 1 aromatic heterocycles. The summed E-state index contributed by atoms with van der Waals surface area (Å²) in [4.78, 5) is 3.78. The number of thiophene rings is 1. The zero-order chi connectivity index (χ0) is 11.5. The highest BCUT2D eigenvalue weighted by Gasteiger charge is 2.07. The molecular formula is C13H13NS2. The minimum atomic E-state index is 0.800. The number of hydrogen-bond donors (Lipinski definition) is 1. The third kappa shape index (κ3) is 2.15. The molecule has 2 N–H and O–H groups in total. The number of benzene rings is 1. The largest absolute Gasteiger partial charge is 0.399 e. The maximum absolute atomic E-state index is 5.68. The van der Waals surface area contributed by atoms with Gasteiger partial charge in [-0.05, 0) is 30.0 Å². The first-order valence-electron chi connectivity index (χ1n) is 4.90. The van der Waals surface area contributed by atoms with Gasteiger partial charge in [0.25, 0.3) is 0 Å². The molecule has 0 atom stereocenters. The van der Waals surface area contributed by atoms with E-state index in [1.165, 1.54) is 20.2 Å². The Labute approximate surface area is 104 Å². The van der Waals surface area contributed by atoms with E-state index in [1.807, 2.05) is 18.2 Å². The Balaban J connectivity index is 2.44. The van der Waals surface area contributed by atoms with Crippen LogP contribution in [-0.2, 0) is 0 Å². The maximum Gasteiger partial charge on any atom is 0.0406 e. The molecule has 0 radical (unpaired) electrons. The number of nitrogens with two attached hydrogens (primary N) is 1. The van der Waals surface area contributed by atoms with E-state index in [2.05, 4.69) is 31.0 Å². The molecule has 0 aliphatic rings. The van der Waals surface area contributed by atoms with Crippen LogP contribution in [0, 0.1) is 0 Å². The third-order valence-electron chi connectivity index (χ3n) is 2.33. The molecule has 82 valence electrons. The van der Waals surface area contributed by atoms with E-state index in [1.54, 1.807) is 23.1 Å². The molecule has 0 unspecified atom stereocenters. The average Bonchev–Trinajstić information content (AvgIpc) is 2.73. The number of anilines is 1. The predicted molar refractivity (Wildman–Crippen MR) is 76.0 cm³/mol. The summed E-state index contributed by atoms with van der Waals surface area (Å²) in [6.45, 7) is 3.84. The number of thioether (sulfide) groups is 1. The second-order valence-corrected chi connectivity index (χ2v) is 5.30. The smallest absolute Gasteiger partial charge is 0.0406 e. The van der Waals surface area contributed by atoms with Crippen molar-refractivity contribution in [1.82, 2.24) is 0 Å². The molecule has 0 aliphatic carbocycles. The summed E-state index contributed by atoms with van der Waals surface area (Å²) in [7, 11) is 0. The van der Waals surface area contributed by atoms with Gasteiger partial charge in [-0.25, -0.2) is 0 Å². The first-order chi connectivity index (χ1) is 7.74. The van der Waals surface area contributed by atoms with Gasteiger partial charge >= 0.3 is 0 Å². The summed E-state index contributed by atoms with van der Waals surface area (Å²) in [6, 6.07) is 10.2. The maximum atomic E-state index is 5.68. The van der Waals surface area contributed by atoms with E-state index >= 15 is 0 Å². The van der Waals surface area contributed by atoms with Gasteiger partial charge in [0.2, 0.25) is 0 Å². The molecule has 0 fully saturated rings. The van der Waals surface area contributed by atoms with Crippen LogP contribution in [0.5, 0.6) is 0 Å². The zero-order valence-electron chi connectivity index (χ0n) is 9.07. The van der Waals surface area contributed by atoms with Crippen LogP contribution < -0.4 is 5.73 Å². The Bertz CT molecular complexity index is 497. The fourth-order valence-corrected chi connectivity index (χ4v) is 3.36. The summed E-state index contributed by atoms with van der Waals surface area (Å²) in [6.07, 6.45) is 4.00. The molecular weight excluding hydrogens is 234 g/mol. The van der Waals surface area contributed by atoms with Gasteiger partial charge in [-0.15, -0.1) is 23.1 Å². The van der Waals surface area contributed by atoms with Crippen molar-refractivity contribution >= 4 is 34.9 Å². The normalized spacial score (nSPS) is 10.3. The quantitative estimate of drug-likeness (QED) is 0.644. The van der Waals surface area contributed by atoms with Gasteiger partial charge in [0, 0.05) is 20.3 Å². The standard InChI is InChI=1S/C13H13NS2/c1-3-11-13(15-2)8-12(16-11)9-4-6-10(14)7-5-9/h3-8H,1,14H2,2H3. The first-order valence-corrected chi connectivity index (χ1v) is 6.95. The summed E-state index contributed by atoms with van der Waals surface area (Å²) >= 11 is 3.52. The fourth-order valence-electron chi connectivity index (χ4n) is 1.48.